The predicted molar refractivity (Wildman–Crippen MR) is 239 cm³/mol. The van der Waals surface area contributed by atoms with Gasteiger partial charge in [-0.05, 0) is 73.1 Å². The summed E-state index contributed by atoms with van der Waals surface area (Å²) in [5.74, 6) is 2.72. The van der Waals surface area contributed by atoms with Crippen LogP contribution in [0.2, 0.25) is 0 Å². The Hall–Kier alpha value is -2.20. The summed E-state index contributed by atoms with van der Waals surface area (Å²) >= 11 is 1.83. The number of hydrogen-bond acceptors (Lipinski definition) is 4. The van der Waals surface area contributed by atoms with Crippen molar-refractivity contribution in [3.05, 3.63) is 59.7 Å². The molecule has 54 heavy (non-hydrogen) atoms. The molecule has 0 atom stereocenters. The molecule has 0 saturated carbocycles. The van der Waals surface area contributed by atoms with Crippen LogP contribution in [-0.2, 0) is 0 Å². The van der Waals surface area contributed by atoms with Gasteiger partial charge < -0.3 is 9.47 Å². The largest absolute Gasteiger partial charge is 0.490 e. The van der Waals surface area contributed by atoms with Gasteiger partial charge in [0.2, 0.25) is 0 Å². The zero-order valence-electron chi connectivity index (χ0n) is 35.5. The van der Waals surface area contributed by atoms with Crippen molar-refractivity contribution in [1.82, 2.24) is 0 Å². The maximum Gasteiger partial charge on any atom is 0.185 e. The zero-order valence-corrected chi connectivity index (χ0v) is 36.3. The molecule has 0 saturated heterocycles. The highest BCUT2D eigenvalue weighted by Gasteiger charge is 2.08. The molecule has 0 unspecified atom stereocenters. The maximum absolute atomic E-state index is 12.9. The summed E-state index contributed by atoms with van der Waals surface area (Å²) in [5.41, 5.74) is 1.67. The average Bonchev–Trinajstić information content (AvgIpc) is 3.19. The Morgan fingerprint density at radius 1 is 0.481 bits per heavy atom. The van der Waals surface area contributed by atoms with E-state index in [1.165, 1.54) is 172 Å². The summed E-state index contributed by atoms with van der Waals surface area (Å²) < 4.78 is 12.6. The summed E-state index contributed by atoms with van der Waals surface area (Å²) in [4.78, 5) is 14.2. The quantitative estimate of drug-likeness (QED) is 0.0295. The monoisotopic (exact) mass is 763 g/mol. The second-order valence-corrected chi connectivity index (χ2v) is 16.8. The van der Waals surface area contributed by atoms with Crippen LogP contribution in [0.1, 0.15) is 223 Å². The van der Waals surface area contributed by atoms with E-state index >= 15 is 0 Å². The van der Waals surface area contributed by atoms with Gasteiger partial charge in [-0.2, -0.15) is 0 Å². The van der Waals surface area contributed by atoms with E-state index in [9.17, 15) is 4.79 Å². The lowest BCUT2D eigenvalue weighted by atomic mass is 10.0. The molecule has 0 fully saturated rings. The summed E-state index contributed by atoms with van der Waals surface area (Å²) in [6.45, 7) is 8.18. The first-order valence-electron chi connectivity index (χ1n) is 23.0. The molecule has 0 amide bonds. The topological polar surface area (TPSA) is 35.5 Å². The lowest BCUT2D eigenvalue weighted by Crippen LogP contribution is -2.03. The molecule has 2 rings (SSSR count). The van der Waals surface area contributed by atoms with Crippen LogP contribution in [0.5, 0.6) is 11.5 Å². The highest BCUT2D eigenvalue weighted by Crippen LogP contribution is 2.30. The molecule has 3 nitrogen and oxygen atoms in total. The highest BCUT2D eigenvalue weighted by atomic mass is 32.2. The van der Waals surface area contributed by atoms with Crippen LogP contribution in [0.4, 0.5) is 0 Å². The number of unbranched alkanes of at least 4 members (excludes halogenated alkanes) is 26. The van der Waals surface area contributed by atoms with Gasteiger partial charge in [0, 0.05) is 10.5 Å². The summed E-state index contributed by atoms with van der Waals surface area (Å²) in [6, 6.07) is 14.1. The SMILES string of the molecule is CCCCCCCCCCCCCCCCOc1ccc(C=CC(=O)c2ccc(SCCC)cc2)cc1OCCCCCCCCCCCCCCCC. The normalized spacial score (nSPS) is 11.5. The second-order valence-electron chi connectivity index (χ2n) is 15.7. The fraction of sp³-hybridized carbons (Fsp3) is 0.700. The molecular formula is C50H82O3S. The fourth-order valence-corrected chi connectivity index (χ4v) is 7.79. The Morgan fingerprint density at radius 3 is 1.31 bits per heavy atom. The van der Waals surface area contributed by atoms with Crippen molar-refractivity contribution in [1.29, 1.82) is 0 Å². The number of rotatable bonds is 38. The highest BCUT2D eigenvalue weighted by molar-refractivity contribution is 7.99. The van der Waals surface area contributed by atoms with Crippen molar-refractivity contribution in [2.75, 3.05) is 19.0 Å². The molecule has 0 aromatic heterocycles. The molecule has 306 valence electrons. The van der Waals surface area contributed by atoms with Crippen LogP contribution in [0, 0.1) is 0 Å². The lowest BCUT2D eigenvalue weighted by Gasteiger charge is -2.14. The van der Waals surface area contributed by atoms with E-state index in [-0.39, 0.29) is 5.78 Å². The molecule has 0 aliphatic carbocycles. The second kappa shape index (κ2) is 35.2. The van der Waals surface area contributed by atoms with Gasteiger partial charge in [-0.15, -0.1) is 11.8 Å². The number of ketones is 1. The van der Waals surface area contributed by atoms with Crippen molar-refractivity contribution in [2.45, 2.75) is 212 Å². The van der Waals surface area contributed by atoms with E-state index in [1.54, 1.807) is 6.08 Å². The third-order valence-corrected chi connectivity index (χ3v) is 11.7. The fourth-order valence-electron chi connectivity index (χ4n) is 7.02. The molecule has 4 heteroatoms. The minimum absolute atomic E-state index is 0.0186. The van der Waals surface area contributed by atoms with E-state index < -0.39 is 0 Å². The summed E-state index contributed by atoms with van der Waals surface area (Å²) in [7, 11) is 0. The van der Waals surface area contributed by atoms with Crippen molar-refractivity contribution in [2.24, 2.45) is 0 Å². The molecule has 0 bridgehead atoms. The Bertz CT molecular complexity index is 1170. The van der Waals surface area contributed by atoms with E-state index in [0.29, 0.717) is 13.2 Å². The molecule has 0 aliphatic rings. The van der Waals surface area contributed by atoms with E-state index in [1.807, 2.05) is 48.2 Å². The van der Waals surface area contributed by atoms with Crippen LogP contribution < -0.4 is 9.47 Å². The molecule has 0 aliphatic heterocycles. The maximum atomic E-state index is 12.9. The van der Waals surface area contributed by atoms with E-state index in [2.05, 4.69) is 32.9 Å². The first-order valence-corrected chi connectivity index (χ1v) is 24.0. The van der Waals surface area contributed by atoms with Crippen molar-refractivity contribution >= 4 is 23.6 Å². The first-order chi connectivity index (χ1) is 26.7. The van der Waals surface area contributed by atoms with Gasteiger partial charge in [0.1, 0.15) is 0 Å². The van der Waals surface area contributed by atoms with Gasteiger partial charge in [-0.3, -0.25) is 4.79 Å². The number of ether oxygens (including phenoxy) is 2. The van der Waals surface area contributed by atoms with Crippen molar-refractivity contribution in [3.8, 4) is 11.5 Å². The number of carbonyl (C=O) groups excluding carboxylic acids is 1. The zero-order chi connectivity index (χ0) is 38.6. The first kappa shape index (κ1) is 48.0. The van der Waals surface area contributed by atoms with Gasteiger partial charge in [-0.25, -0.2) is 0 Å². The predicted octanol–water partition coefficient (Wildman–Crippen LogP) is 16.8. The molecule has 0 spiro atoms. The third-order valence-electron chi connectivity index (χ3n) is 10.5. The van der Waals surface area contributed by atoms with Crippen molar-refractivity contribution in [3.63, 3.8) is 0 Å². The van der Waals surface area contributed by atoms with Gasteiger partial charge >= 0.3 is 0 Å². The van der Waals surface area contributed by atoms with Gasteiger partial charge in [0.05, 0.1) is 13.2 Å². The van der Waals surface area contributed by atoms with Crippen LogP contribution >= 0.6 is 11.8 Å². The van der Waals surface area contributed by atoms with Crippen LogP contribution in [0.15, 0.2) is 53.4 Å². The summed E-state index contributed by atoms with van der Waals surface area (Å²) in [6.07, 6.45) is 42.6. The minimum Gasteiger partial charge on any atom is -0.490 e. The Morgan fingerprint density at radius 2 is 0.889 bits per heavy atom. The van der Waals surface area contributed by atoms with Gasteiger partial charge in [-0.1, -0.05) is 200 Å². The molecule has 0 radical (unpaired) electrons. The Labute approximate surface area is 338 Å². The van der Waals surface area contributed by atoms with Gasteiger partial charge in [0.15, 0.2) is 17.3 Å². The molecule has 2 aromatic rings. The molecule has 2 aromatic carbocycles. The third kappa shape index (κ3) is 25.8. The minimum atomic E-state index is 0.0186. The molecule has 0 heterocycles. The number of benzene rings is 2. The summed E-state index contributed by atoms with van der Waals surface area (Å²) in [5, 5.41) is 0. The molecule has 0 N–H and O–H groups in total. The Kier molecular flexibility index (Phi) is 31.3. The molecular weight excluding hydrogens is 681 g/mol. The van der Waals surface area contributed by atoms with Gasteiger partial charge in [0.25, 0.3) is 0 Å². The number of allylic oxidation sites excluding steroid dienone is 1. The van der Waals surface area contributed by atoms with Crippen molar-refractivity contribution < 1.29 is 14.3 Å². The number of thioether (sulfide) groups is 1. The average molecular weight is 763 g/mol. The Balaban J connectivity index is 1.73. The number of hydrogen-bond donors (Lipinski definition) is 0. The van der Waals surface area contributed by atoms with Crippen LogP contribution in [-0.4, -0.2) is 24.7 Å². The number of carbonyl (C=O) groups is 1. The van der Waals surface area contributed by atoms with E-state index in [4.69, 9.17) is 9.47 Å². The standard InChI is InChI=1S/C50H82O3S/c1-4-7-9-11-13-15-17-19-21-23-25-27-29-31-41-52-49-40-34-45(33-39-48(51)46-35-37-47(38-36-46)54-43-6-3)44-50(49)53-42-32-30-28-26-24-22-20-18-16-14-12-10-8-5-2/h33-40,44H,4-32,41-43H2,1-3H3. The van der Waals surface area contributed by atoms with E-state index in [0.717, 1.165) is 47.6 Å². The van der Waals surface area contributed by atoms with Crippen LogP contribution in [0.25, 0.3) is 6.08 Å². The van der Waals surface area contributed by atoms with Crippen LogP contribution in [0.3, 0.4) is 0 Å². The smallest absolute Gasteiger partial charge is 0.185 e. The lowest BCUT2D eigenvalue weighted by molar-refractivity contribution is 0.104.